The molecule has 0 amide bonds. The first-order valence-corrected chi connectivity index (χ1v) is 4.42. The number of ether oxygens (including phenoxy) is 1. The molecule has 1 aromatic carbocycles. The average Bonchev–Trinajstić information content (AvgIpc) is 2.17. The van der Waals surface area contributed by atoms with Gasteiger partial charge in [-0.3, -0.25) is 5.32 Å². The molecule has 0 fully saturated rings. The van der Waals surface area contributed by atoms with Crippen molar-refractivity contribution in [3.8, 4) is 5.75 Å². The van der Waals surface area contributed by atoms with Crippen LogP contribution in [0.4, 0.5) is 0 Å². The van der Waals surface area contributed by atoms with Crippen LogP contribution in [-0.4, -0.2) is 24.5 Å². The zero-order valence-electron chi connectivity index (χ0n) is 7.73. The lowest BCUT2D eigenvalue weighted by Gasteiger charge is -2.12. The topological polar surface area (TPSA) is 41.5 Å². The lowest BCUT2D eigenvalue weighted by atomic mass is 10.3. The highest BCUT2D eigenvalue weighted by Crippen LogP contribution is 2.07. The molecule has 0 spiro atoms. The molecule has 0 aliphatic heterocycles. The van der Waals surface area contributed by atoms with Gasteiger partial charge in [-0.2, -0.15) is 0 Å². The van der Waals surface area contributed by atoms with Gasteiger partial charge in [-0.1, -0.05) is 25.1 Å². The van der Waals surface area contributed by atoms with E-state index in [0.717, 1.165) is 12.3 Å². The van der Waals surface area contributed by atoms with Crippen molar-refractivity contribution in [1.82, 2.24) is 5.32 Å². The second kappa shape index (κ2) is 5.56. The van der Waals surface area contributed by atoms with Gasteiger partial charge in [0.05, 0.1) is 0 Å². The Hall–Kier alpha value is -1.06. The Kier molecular flexibility index (Phi) is 4.29. The van der Waals surface area contributed by atoms with Crippen LogP contribution in [0.5, 0.6) is 5.75 Å². The van der Waals surface area contributed by atoms with E-state index in [2.05, 4.69) is 5.32 Å². The van der Waals surface area contributed by atoms with Crippen LogP contribution in [0.1, 0.15) is 6.92 Å². The number of aliphatic hydroxyl groups is 1. The van der Waals surface area contributed by atoms with Crippen LogP contribution in [0, 0.1) is 0 Å². The molecule has 2 N–H and O–H groups in total. The third kappa shape index (κ3) is 3.92. The zero-order chi connectivity index (χ0) is 9.52. The fourth-order valence-corrected chi connectivity index (χ4v) is 0.986. The largest absolute Gasteiger partial charge is 0.489 e. The van der Waals surface area contributed by atoms with Crippen LogP contribution in [0.2, 0.25) is 0 Å². The molecule has 0 aliphatic carbocycles. The third-order valence-electron chi connectivity index (χ3n) is 1.59. The fraction of sp³-hybridized carbons (Fsp3) is 0.400. The summed E-state index contributed by atoms with van der Waals surface area (Å²) in [5.41, 5.74) is 0. The molecule has 0 aromatic heterocycles. The van der Waals surface area contributed by atoms with Gasteiger partial charge in [0.25, 0.3) is 0 Å². The Balaban J connectivity index is 2.27. The van der Waals surface area contributed by atoms with Crippen LogP contribution >= 0.6 is 0 Å². The van der Waals surface area contributed by atoms with Gasteiger partial charge in [0.2, 0.25) is 0 Å². The number of hydrogen-bond donors (Lipinski definition) is 2. The Labute approximate surface area is 78.3 Å². The molecular formula is C10H15NO2. The van der Waals surface area contributed by atoms with E-state index in [-0.39, 0.29) is 6.61 Å². The van der Waals surface area contributed by atoms with Gasteiger partial charge in [0.15, 0.2) is 0 Å². The van der Waals surface area contributed by atoms with Gasteiger partial charge in [-0.15, -0.1) is 0 Å². The number of rotatable bonds is 5. The quantitative estimate of drug-likeness (QED) is 0.666. The Morgan fingerprint density at radius 1 is 1.38 bits per heavy atom. The predicted octanol–water partition coefficient (Wildman–Crippen LogP) is 0.993. The normalized spacial score (nSPS) is 12.5. The summed E-state index contributed by atoms with van der Waals surface area (Å²) >= 11 is 0. The highest BCUT2D eigenvalue weighted by atomic mass is 16.5. The van der Waals surface area contributed by atoms with Gasteiger partial charge in [0, 0.05) is 0 Å². The van der Waals surface area contributed by atoms with Crippen molar-refractivity contribution < 1.29 is 9.84 Å². The molecule has 3 nitrogen and oxygen atoms in total. The highest BCUT2D eigenvalue weighted by Gasteiger charge is 2.01. The van der Waals surface area contributed by atoms with E-state index in [4.69, 9.17) is 4.74 Å². The monoisotopic (exact) mass is 181 g/mol. The summed E-state index contributed by atoms with van der Waals surface area (Å²) in [6.45, 7) is 2.95. The van der Waals surface area contributed by atoms with Crippen molar-refractivity contribution in [1.29, 1.82) is 0 Å². The van der Waals surface area contributed by atoms with Crippen LogP contribution in [0.15, 0.2) is 30.3 Å². The summed E-state index contributed by atoms with van der Waals surface area (Å²) in [5.74, 6) is 0.777. The fourth-order valence-electron chi connectivity index (χ4n) is 0.986. The van der Waals surface area contributed by atoms with Gasteiger partial charge < -0.3 is 9.84 Å². The maximum absolute atomic E-state index is 9.27. The maximum atomic E-state index is 9.27. The highest BCUT2D eigenvalue weighted by molar-refractivity contribution is 5.20. The number of hydrogen-bond acceptors (Lipinski definition) is 3. The first-order chi connectivity index (χ1) is 6.33. The minimum atomic E-state index is -0.592. The number of aliphatic hydroxyl groups excluding tert-OH is 1. The Bertz CT molecular complexity index is 226. The summed E-state index contributed by atoms with van der Waals surface area (Å²) in [7, 11) is 0. The van der Waals surface area contributed by atoms with E-state index in [1.807, 2.05) is 37.3 Å². The molecule has 1 rings (SSSR count). The van der Waals surface area contributed by atoms with Crippen LogP contribution in [0.25, 0.3) is 0 Å². The summed E-state index contributed by atoms with van der Waals surface area (Å²) in [5, 5.41) is 12.1. The number of likely N-dealkylation sites (N-methyl/N-ethyl adjacent to an activating group) is 1. The van der Waals surface area contributed by atoms with Crippen LogP contribution < -0.4 is 10.1 Å². The third-order valence-corrected chi connectivity index (χ3v) is 1.59. The Morgan fingerprint density at radius 3 is 2.69 bits per heavy atom. The first-order valence-electron chi connectivity index (χ1n) is 4.42. The van der Waals surface area contributed by atoms with Crippen LogP contribution in [-0.2, 0) is 0 Å². The van der Waals surface area contributed by atoms with Crippen LogP contribution in [0.3, 0.4) is 0 Å². The molecule has 0 heterocycles. The Morgan fingerprint density at radius 2 is 2.08 bits per heavy atom. The molecule has 0 aliphatic rings. The molecule has 72 valence electrons. The molecule has 1 aromatic rings. The molecule has 0 saturated carbocycles. The van der Waals surface area contributed by atoms with E-state index in [1.54, 1.807) is 0 Å². The lowest BCUT2D eigenvalue weighted by Crippen LogP contribution is -2.33. The van der Waals surface area contributed by atoms with Crippen molar-refractivity contribution in [2.24, 2.45) is 0 Å². The summed E-state index contributed by atoms with van der Waals surface area (Å²) in [6.07, 6.45) is -0.592. The van der Waals surface area contributed by atoms with Gasteiger partial charge in [-0.25, -0.2) is 0 Å². The molecule has 0 radical (unpaired) electrons. The van der Waals surface area contributed by atoms with E-state index in [0.29, 0.717) is 0 Å². The summed E-state index contributed by atoms with van der Waals surface area (Å²) in [6, 6.07) is 9.44. The van der Waals surface area contributed by atoms with Crippen molar-refractivity contribution in [2.45, 2.75) is 13.2 Å². The molecule has 0 saturated heterocycles. The number of nitrogens with one attached hydrogen (secondary N) is 1. The van der Waals surface area contributed by atoms with E-state index >= 15 is 0 Å². The molecule has 3 heteroatoms. The van der Waals surface area contributed by atoms with Gasteiger partial charge in [-0.05, 0) is 18.7 Å². The molecule has 0 bridgehead atoms. The molecule has 13 heavy (non-hydrogen) atoms. The first kappa shape index (κ1) is 10.0. The van der Waals surface area contributed by atoms with E-state index < -0.39 is 6.23 Å². The SMILES string of the molecule is CCNC(O)COc1ccccc1. The maximum Gasteiger partial charge on any atom is 0.139 e. The predicted molar refractivity (Wildman–Crippen MR) is 51.6 cm³/mol. The van der Waals surface area contributed by atoms with Gasteiger partial charge >= 0.3 is 0 Å². The standard InChI is InChI=1S/C10H15NO2/c1-2-11-10(12)8-13-9-6-4-3-5-7-9/h3-7,10-12H,2,8H2,1H3. The average molecular weight is 181 g/mol. The van der Waals surface area contributed by atoms with E-state index in [1.165, 1.54) is 0 Å². The van der Waals surface area contributed by atoms with E-state index in [9.17, 15) is 5.11 Å². The summed E-state index contributed by atoms with van der Waals surface area (Å²) in [4.78, 5) is 0. The van der Waals surface area contributed by atoms with Crippen molar-refractivity contribution in [3.05, 3.63) is 30.3 Å². The van der Waals surface area contributed by atoms with Crippen molar-refractivity contribution in [3.63, 3.8) is 0 Å². The molecule has 1 unspecified atom stereocenters. The minimum Gasteiger partial charge on any atom is -0.489 e. The van der Waals surface area contributed by atoms with Crippen molar-refractivity contribution >= 4 is 0 Å². The zero-order valence-corrected chi connectivity index (χ0v) is 7.73. The van der Waals surface area contributed by atoms with Gasteiger partial charge in [0.1, 0.15) is 18.6 Å². The number of para-hydroxylation sites is 1. The summed E-state index contributed by atoms with van der Waals surface area (Å²) < 4.78 is 5.31. The molecular weight excluding hydrogens is 166 g/mol. The second-order valence-corrected chi connectivity index (χ2v) is 2.70. The number of benzene rings is 1. The smallest absolute Gasteiger partial charge is 0.139 e. The second-order valence-electron chi connectivity index (χ2n) is 2.70. The lowest BCUT2D eigenvalue weighted by molar-refractivity contribution is 0.0807. The minimum absolute atomic E-state index is 0.276. The molecule has 1 atom stereocenters. The van der Waals surface area contributed by atoms with Crippen molar-refractivity contribution in [2.75, 3.05) is 13.2 Å².